The van der Waals surface area contributed by atoms with Crippen LogP contribution in [0.15, 0.2) is 52.2 Å². The molecule has 1 aliphatic heterocycles. The highest BCUT2D eigenvalue weighted by atomic mass is 31.2. The largest absolute Gasteiger partial charge is 0.462 e. The summed E-state index contributed by atoms with van der Waals surface area (Å²) in [5.74, 6) is 1.14. The number of terminal acetylenes is 1. The molecule has 0 aliphatic carbocycles. The van der Waals surface area contributed by atoms with E-state index in [0.29, 0.717) is 0 Å². The molecule has 0 fully saturated rings. The average molecular weight is 535 g/mol. The van der Waals surface area contributed by atoms with Gasteiger partial charge in [0.1, 0.15) is 24.2 Å². The summed E-state index contributed by atoms with van der Waals surface area (Å²) >= 11 is 0. The maximum absolute atomic E-state index is 13.7. The van der Waals surface area contributed by atoms with E-state index >= 15 is 0 Å². The highest BCUT2D eigenvalue weighted by Crippen LogP contribution is 2.46. The van der Waals surface area contributed by atoms with E-state index in [0.717, 1.165) is 16.7 Å². The fourth-order valence-corrected chi connectivity index (χ4v) is 4.71. The average Bonchev–Trinajstić information content (AvgIpc) is 3.26. The second kappa shape index (κ2) is 11.3. The van der Waals surface area contributed by atoms with E-state index in [1.807, 2.05) is 0 Å². The second-order valence-electron chi connectivity index (χ2n) is 8.53. The van der Waals surface area contributed by atoms with Crippen LogP contribution in [0.3, 0.4) is 0 Å². The first kappa shape index (κ1) is 28.1. The lowest BCUT2D eigenvalue weighted by atomic mass is 10.1. The minimum Gasteiger partial charge on any atom is -0.462 e. The topological polar surface area (TPSA) is 138 Å². The van der Waals surface area contributed by atoms with Crippen LogP contribution in [0, 0.1) is 25.1 Å². The van der Waals surface area contributed by atoms with Gasteiger partial charge in [-0.2, -0.15) is 5.09 Å². The minimum absolute atomic E-state index is 0.00700. The van der Waals surface area contributed by atoms with Crippen LogP contribution in [-0.2, 0) is 23.4 Å². The lowest BCUT2D eigenvalue weighted by Crippen LogP contribution is -2.39. The van der Waals surface area contributed by atoms with Crippen LogP contribution in [0.25, 0.3) is 0 Å². The number of H-pyrrole nitrogens is 1. The van der Waals surface area contributed by atoms with Crippen molar-refractivity contribution in [1.82, 2.24) is 14.6 Å². The van der Waals surface area contributed by atoms with Gasteiger partial charge in [0.2, 0.25) is 0 Å². The Kier molecular flexibility index (Phi) is 8.56. The minimum atomic E-state index is -4.33. The number of nitrogens with one attached hydrogen (secondary N) is 2. The Bertz CT molecular complexity index is 1380. The molecule has 2 heterocycles. The Morgan fingerprint density at radius 2 is 2.00 bits per heavy atom. The number of carbonyl (C=O) groups excluding carboxylic acids is 1. The highest BCUT2D eigenvalue weighted by molar-refractivity contribution is 7.52. The van der Waals surface area contributed by atoms with Gasteiger partial charge >= 0.3 is 19.4 Å². The van der Waals surface area contributed by atoms with Crippen molar-refractivity contribution in [2.45, 2.75) is 51.7 Å². The predicted molar refractivity (Wildman–Crippen MR) is 131 cm³/mol. The number of nitrogens with zero attached hydrogens (tertiary/aromatic N) is 1. The van der Waals surface area contributed by atoms with Crippen LogP contribution in [-0.4, -0.2) is 39.9 Å². The SMILES string of the molecule is C#C[C@@]1(CO[P@](=O)(N[C@@H](C)C(=O)OC(C)C)Oc2ccc(F)cc2)C=C[C@H](n2cc(C)c(=O)[nH]c2=O)O1. The molecule has 2 N–H and O–H groups in total. The molecule has 1 aliphatic rings. The van der Waals surface area contributed by atoms with Crippen molar-refractivity contribution in [2.75, 3.05) is 6.61 Å². The molecule has 11 nitrogen and oxygen atoms in total. The van der Waals surface area contributed by atoms with Gasteiger partial charge in [-0.1, -0.05) is 5.92 Å². The molecular formula is C24H27FN3O8P. The number of halogens is 1. The zero-order valence-corrected chi connectivity index (χ0v) is 21.5. The van der Waals surface area contributed by atoms with E-state index in [4.69, 9.17) is 24.9 Å². The highest BCUT2D eigenvalue weighted by Gasteiger charge is 2.40. The van der Waals surface area contributed by atoms with Gasteiger partial charge in [-0.15, -0.1) is 6.42 Å². The number of aromatic nitrogens is 2. The van der Waals surface area contributed by atoms with Crippen LogP contribution in [0.5, 0.6) is 5.75 Å². The molecule has 1 aromatic heterocycles. The normalized spacial score (nSPS) is 21.3. The van der Waals surface area contributed by atoms with Crippen molar-refractivity contribution in [2.24, 2.45) is 0 Å². The number of hydrogen-bond donors (Lipinski definition) is 2. The molecule has 4 atom stereocenters. The van der Waals surface area contributed by atoms with Crippen molar-refractivity contribution in [3.8, 4) is 18.1 Å². The summed E-state index contributed by atoms with van der Waals surface area (Å²) in [4.78, 5) is 38.4. The summed E-state index contributed by atoms with van der Waals surface area (Å²) < 4.78 is 50.2. The van der Waals surface area contributed by atoms with Crippen molar-refractivity contribution in [1.29, 1.82) is 0 Å². The Hall–Kier alpha value is -3.49. The molecule has 1 aromatic carbocycles. The first-order valence-corrected chi connectivity index (χ1v) is 12.7. The van der Waals surface area contributed by atoms with E-state index in [9.17, 15) is 23.3 Å². The molecule has 2 aromatic rings. The van der Waals surface area contributed by atoms with Gasteiger partial charge in [0.15, 0.2) is 11.8 Å². The number of aromatic amines is 1. The monoisotopic (exact) mass is 535 g/mol. The summed E-state index contributed by atoms with van der Waals surface area (Å²) in [6, 6.07) is 3.53. The number of benzene rings is 1. The molecule has 0 saturated carbocycles. The standard InChI is InChI=1S/C24H27FN3O8P/c1-6-24(12-11-20(35-24)28-13-16(4)21(29)26-23(28)31)14-33-37(32,27-17(5)22(30)34-15(2)3)36-19-9-7-18(25)8-10-19/h1,7-13,15,17,20H,14H2,2-5H3,(H,27,32)(H,26,29,31)/t17-,20+,24-,37+/m0/s1. The maximum Gasteiger partial charge on any atom is 0.459 e. The smallest absolute Gasteiger partial charge is 0.459 e. The Balaban J connectivity index is 1.82. The number of rotatable bonds is 10. The van der Waals surface area contributed by atoms with Gasteiger partial charge in [0.25, 0.3) is 5.56 Å². The quantitative estimate of drug-likeness (QED) is 0.203. The predicted octanol–water partition coefficient (Wildman–Crippen LogP) is 2.57. The molecule has 3 rings (SSSR count). The van der Waals surface area contributed by atoms with Gasteiger partial charge in [0.05, 0.1) is 6.10 Å². The zero-order valence-electron chi connectivity index (χ0n) is 20.6. The third kappa shape index (κ3) is 7.05. The third-order valence-electron chi connectivity index (χ3n) is 5.07. The van der Waals surface area contributed by atoms with Crippen LogP contribution in [0.4, 0.5) is 4.39 Å². The van der Waals surface area contributed by atoms with E-state index in [2.05, 4.69) is 16.0 Å². The summed E-state index contributed by atoms with van der Waals surface area (Å²) in [6.45, 7) is 5.71. The Labute approximate surface area is 212 Å². The van der Waals surface area contributed by atoms with Crippen LogP contribution in [0.2, 0.25) is 0 Å². The molecule has 0 radical (unpaired) electrons. The molecule has 0 bridgehead atoms. The Morgan fingerprint density at radius 3 is 2.62 bits per heavy atom. The molecule has 0 spiro atoms. The van der Waals surface area contributed by atoms with E-state index < -0.39 is 61.4 Å². The molecule has 37 heavy (non-hydrogen) atoms. The number of carbonyl (C=O) groups is 1. The molecule has 0 amide bonds. The fraction of sp³-hybridized carbons (Fsp3) is 0.375. The summed E-state index contributed by atoms with van der Waals surface area (Å²) in [5, 5.41) is 2.49. The summed E-state index contributed by atoms with van der Waals surface area (Å²) in [6.07, 6.45) is 8.50. The molecule has 0 unspecified atom stereocenters. The van der Waals surface area contributed by atoms with Gasteiger partial charge in [-0.25, -0.2) is 13.8 Å². The van der Waals surface area contributed by atoms with Gasteiger partial charge in [-0.3, -0.25) is 23.7 Å². The number of esters is 1. The van der Waals surface area contributed by atoms with E-state index in [1.165, 1.54) is 44.3 Å². The van der Waals surface area contributed by atoms with Crippen molar-refractivity contribution in [3.05, 3.63) is 74.8 Å². The fourth-order valence-electron chi connectivity index (χ4n) is 3.19. The summed E-state index contributed by atoms with van der Waals surface area (Å²) in [5.41, 5.74) is -2.57. The van der Waals surface area contributed by atoms with E-state index in [1.54, 1.807) is 13.8 Å². The lowest BCUT2D eigenvalue weighted by molar-refractivity contribution is -0.149. The molecule has 0 saturated heterocycles. The first-order valence-electron chi connectivity index (χ1n) is 11.2. The molecule has 13 heteroatoms. The maximum atomic E-state index is 13.7. The van der Waals surface area contributed by atoms with Gasteiger partial charge in [-0.05, 0) is 64.1 Å². The van der Waals surface area contributed by atoms with Crippen molar-refractivity contribution < 1.29 is 32.3 Å². The summed E-state index contributed by atoms with van der Waals surface area (Å²) in [7, 11) is -4.33. The third-order valence-corrected chi connectivity index (χ3v) is 6.69. The van der Waals surface area contributed by atoms with E-state index in [-0.39, 0.29) is 11.3 Å². The van der Waals surface area contributed by atoms with Gasteiger partial charge < -0.3 is 14.0 Å². The number of aryl methyl sites for hydroxylation is 1. The van der Waals surface area contributed by atoms with Gasteiger partial charge in [0, 0.05) is 11.8 Å². The molecular weight excluding hydrogens is 508 g/mol. The first-order chi connectivity index (χ1) is 17.3. The number of ether oxygens (including phenoxy) is 2. The van der Waals surface area contributed by atoms with Crippen LogP contribution < -0.4 is 20.9 Å². The van der Waals surface area contributed by atoms with Crippen molar-refractivity contribution in [3.63, 3.8) is 0 Å². The molecule has 198 valence electrons. The number of hydrogen-bond acceptors (Lipinski definition) is 8. The van der Waals surface area contributed by atoms with Crippen molar-refractivity contribution >= 4 is 13.7 Å². The zero-order chi connectivity index (χ0) is 27.4. The second-order valence-corrected chi connectivity index (χ2v) is 10.2. The lowest BCUT2D eigenvalue weighted by Gasteiger charge is -2.28. The van der Waals surface area contributed by atoms with Crippen LogP contribution in [0.1, 0.15) is 32.6 Å². The van der Waals surface area contributed by atoms with Crippen LogP contribution >= 0.6 is 7.75 Å². The Morgan fingerprint density at radius 1 is 1.32 bits per heavy atom.